The summed E-state index contributed by atoms with van der Waals surface area (Å²) in [6.07, 6.45) is 9.03. The van der Waals surface area contributed by atoms with E-state index < -0.39 is 0 Å². The van der Waals surface area contributed by atoms with E-state index in [0.717, 1.165) is 6.42 Å². The number of rotatable bonds is 1. The fraction of sp³-hybridized carbons (Fsp3) is 0.500. The van der Waals surface area contributed by atoms with Crippen LogP contribution < -0.4 is 0 Å². The summed E-state index contributed by atoms with van der Waals surface area (Å²) >= 11 is 0. The van der Waals surface area contributed by atoms with Crippen LogP contribution in [0.3, 0.4) is 0 Å². The molecule has 1 unspecified atom stereocenters. The van der Waals surface area contributed by atoms with Gasteiger partial charge in [0.05, 0.1) is 6.10 Å². The van der Waals surface area contributed by atoms with E-state index in [9.17, 15) is 0 Å². The van der Waals surface area contributed by atoms with Crippen molar-refractivity contribution in [2.24, 2.45) is 5.92 Å². The van der Waals surface area contributed by atoms with Crippen molar-refractivity contribution in [1.29, 1.82) is 0 Å². The summed E-state index contributed by atoms with van der Waals surface area (Å²) in [7, 11) is 0. The third-order valence-electron chi connectivity index (χ3n) is 1.55. The lowest BCUT2D eigenvalue weighted by molar-refractivity contribution is 0.168. The Morgan fingerprint density at radius 3 is 2.33 bits per heavy atom. The largest absolute Gasteiger partial charge is 0.392 e. The Labute approximate surface area is 55.7 Å². The molecule has 0 saturated heterocycles. The van der Waals surface area contributed by atoms with Crippen molar-refractivity contribution in [3.05, 3.63) is 24.3 Å². The monoisotopic (exact) mass is 124 g/mol. The summed E-state index contributed by atoms with van der Waals surface area (Å²) < 4.78 is 0. The third kappa shape index (κ3) is 1.68. The molecule has 1 nitrogen and oxygen atoms in total. The molecule has 0 spiro atoms. The van der Waals surface area contributed by atoms with E-state index in [1.54, 1.807) is 0 Å². The van der Waals surface area contributed by atoms with E-state index in [1.807, 2.05) is 19.1 Å². The maximum atomic E-state index is 9.07. The van der Waals surface area contributed by atoms with Crippen molar-refractivity contribution in [3.63, 3.8) is 0 Å². The van der Waals surface area contributed by atoms with Gasteiger partial charge in [0, 0.05) is 5.92 Å². The highest BCUT2D eigenvalue weighted by Crippen LogP contribution is 2.12. The van der Waals surface area contributed by atoms with Crippen molar-refractivity contribution in [2.75, 3.05) is 0 Å². The quantitative estimate of drug-likeness (QED) is 0.525. The molecule has 0 aliphatic heterocycles. The van der Waals surface area contributed by atoms with E-state index >= 15 is 0 Å². The van der Waals surface area contributed by atoms with Gasteiger partial charge in [-0.1, -0.05) is 24.3 Å². The van der Waals surface area contributed by atoms with Crippen LogP contribution >= 0.6 is 0 Å². The molecule has 0 aromatic carbocycles. The lowest BCUT2D eigenvalue weighted by atomic mass is 9.99. The summed E-state index contributed by atoms with van der Waals surface area (Å²) in [5, 5.41) is 9.07. The summed E-state index contributed by atoms with van der Waals surface area (Å²) in [6, 6.07) is 0. The van der Waals surface area contributed by atoms with Crippen LogP contribution in [0.4, 0.5) is 0 Å². The maximum absolute atomic E-state index is 9.07. The molecule has 1 atom stereocenters. The highest BCUT2D eigenvalue weighted by atomic mass is 16.3. The molecule has 0 saturated carbocycles. The molecule has 0 fully saturated rings. The van der Waals surface area contributed by atoms with Gasteiger partial charge in [0.15, 0.2) is 0 Å². The highest BCUT2D eigenvalue weighted by Gasteiger charge is 2.07. The molecule has 1 aliphatic carbocycles. The van der Waals surface area contributed by atoms with Crippen molar-refractivity contribution in [1.82, 2.24) is 0 Å². The molecule has 0 amide bonds. The van der Waals surface area contributed by atoms with E-state index in [0.29, 0.717) is 0 Å². The molecule has 1 heteroatoms. The molecular formula is C8H12O. The predicted molar refractivity (Wildman–Crippen MR) is 38.1 cm³/mol. The van der Waals surface area contributed by atoms with Crippen LogP contribution in [0.25, 0.3) is 0 Å². The molecule has 0 aromatic rings. The predicted octanol–water partition coefficient (Wildman–Crippen LogP) is 1.50. The first-order chi connectivity index (χ1) is 4.30. The average Bonchev–Trinajstić information content (AvgIpc) is 1.90. The topological polar surface area (TPSA) is 20.2 Å². The fourth-order valence-electron chi connectivity index (χ4n) is 0.936. The van der Waals surface area contributed by atoms with Crippen molar-refractivity contribution in [3.8, 4) is 0 Å². The van der Waals surface area contributed by atoms with Crippen LogP contribution in [0.1, 0.15) is 13.3 Å². The van der Waals surface area contributed by atoms with Gasteiger partial charge in [-0.2, -0.15) is 0 Å². The molecule has 9 heavy (non-hydrogen) atoms. The molecule has 0 bridgehead atoms. The zero-order valence-electron chi connectivity index (χ0n) is 5.62. The van der Waals surface area contributed by atoms with Gasteiger partial charge >= 0.3 is 0 Å². The van der Waals surface area contributed by atoms with E-state index in [4.69, 9.17) is 5.11 Å². The lowest BCUT2D eigenvalue weighted by Gasteiger charge is -2.12. The minimum absolute atomic E-state index is 0.238. The van der Waals surface area contributed by atoms with E-state index in [2.05, 4.69) is 12.2 Å². The van der Waals surface area contributed by atoms with Gasteiger partial charge in [-0.3, -0.25) is 0 Å². The van der Waals surface area contributed by atoms with Gasteiger partial charge in [0.2, 0.25) is 0 Å². The number of hydrogen-bond acceptors (Lipinski definition) is 1. The second-order valence-corrected chi connectivity index (χ2v) is 2.41. The van der Waals surface area contributed by atoms with Gasteiger partial charge in [-0.15, -0.1) is 0 Å². The molecule has 1 aliphatic rings. The van der Waals surface area contributed by atoms with Gasteiger partial charge < -0.3 is 5.11 Å². The zero-order valence-corrected chi connectivity index (χ0v) is 5.62. The molecule has 1 N–H and O–H groups in total. The van der Waals surface area contributed by atoms with Crippen molar-refractivity contribution in [2.45, 2.75) is 19.4 Å². The number of allylic oxidation sites excluding steroid dienone is 2. The summed E-state index contributed by atoms with van der Waals surface area (Å²) in [6.45, 7) is 1.81. The van der Waals surface area contributed by atoms with Crippen LogP contribution in [0, 0.1) is 5.92 Å². The summed E-state index contributed by atoms with van der Waals surface area (Å²) in [5.41, 5.74) is 0. The number of aliphatic hydroxyl groups excluding tert-OH is 1. The number of aliphatic hydroxyl groups is 1. The van der Waals surface area contributed by atoms with Crippen molar-refractivity contribution < 1.29 is 5.11 Å². The van der Waals surface area contributed by atoms with Crippen LogP contribution in [-0.2, 0) is 0 Å². The van der Waals surface area contributed by atoms with Crippen LogP contribution in [0.15, 0.2) is 24.3 Å². The van der Waals surface area contributed by atoms with Crippen molar-refractivity contribution >= 4 is 0 Å². The van der Waals surface area contributed by atoms with Gasteiger partial charge in [0.25, 0.3) is 0 Å². The molecular weight excluding hydrogens is 112 g/mol. The Balaban J connectivity index is 2.49. The Kier molecular flexibility index (Phi) is 2.06. The van der Waals surface area contributed by atoms with Gasteiger partial charge in [-0.05, 0) is 13.3 Å². The van der Waals surface area contributed by atoms with Gasteiger partial charge in [0.1, 0.15) is 0 Å². The minimum Gasteiger partial charge on any atom is -0.392 e. The molecule has 0 heterocycles. The second-order valence-electron chi connectivity index (χ2n) is 2.41. The Hall–Kier alpha value is -0.560. The summed E-state index contributed by atoms with van der Waals surface area (Å²) in [5.74, 6) is 0.249. The second kappa shape index (κ2) is 2.83. The van der Waals surface area contributed by atoms with E-state index in [-0.39, 0.29) is 12.0 Å². The maximum Gasteiger partial charge on any atom is 0.0609 e. The third-order valence-corrected chi connectivity index (χ3v) is 1.55. The molecule has 0 radical (unpaired) electrons. The fourth-order valence-corrected chi connectivity index (χ4v) is 0.936. The first-order valence-electron chi connectivity index (χ1n) is 3.32. The Morgan fingerprint density at radius 2 is 2.00 bits per heavy atom. The zero-order chi connectivity index (χ0) is 6.69. The van der Waals surface area contributed by atoms with Crippen LogP contribution in [-0.4, -0.2) is 11.2 Å². The minimum atomic E-state index is -0.238. The number of hydrogen-bond donors (Lipinski definition) is 1. The average molecular weight is 124 g/mol. The van der Waals surface area contributed by atoms with Crippen LogP contribution in [0.5, 0.6) is 0 Å². The smallest absolute Gasteiger partial charge is 0.0609 e. The lowest BCUT2D eigenvalue weighted by Crippen LogP contribution is -2.12. The first kappa shape index (κ1) is 6.56. The molecule has 50 valence electrons. The molecule has 0 aromatic heterocycles. The Morgan fingerprint density at radius 1 is 1.44 bits per heavy atom. The van der Waals surface area contributed by atoms with E-state index in [1.165, 1.54) is 0 Å². The SMILES string of the molecule is CC(O)C1C=CCC=C1. The first-order valence-corrected chi connectivity index (χ1v) is 3.32. The highest BCUT2D eigenvalue weighted by molar-refractivity contribution is 5.10. The normalized spacial score (nSPS) is 22.4. The summed E-state index contributed by atoms with van der Waals surface area (Å²) in [4.78, 5) is 0. The Bertz CT molecular complexity index is 122. The van der Waals surface area contributed by atoms with Gasteiger partial charge in [-0.25, -0.2) is 0 Å². The van der Waals surface area contributed by atoms with Crippen LogP contribution in [0.2, 0.25) is 0 Å². The standard InChI is InChI=1S/C8H12O/c1-7(9)8-5-3-2-4-6-8/h3-9H,2H2,1H3. The molecule has 1 rings (SSSR count).